The third kappa shape index (κ3) is 3.65. The van der Waals surface area contributed by atoms with Crippen molar-refractivity contribution in [2.45, 2.75) is 20.8 Å². The smallest absolute Gasteiger partial charge is 0.0387 e. The summed E-state index contributed by atoms with van der Waals surface area (Å²) in [6.07, 6.45) is 0. The van der Waals surface area contributed by atoms with E-state index in [1.807, 2.05) is 24.3 Å². The molecule has 0 nitrogen and oxygen atoms in total. The first-order valence-electron chi connectivity index (χ1n) is 4.27. The Balaban J connectivity index is 2.97. The predicted molar refractivity (Wildman–Crippen MR) is 60.5 cm³/mol. The Bertz CT molecular complexity index is 347. The van der Waals surface area contributed by atoms with Crippen molar-refractivity contribution in [2.75, 3.05) is 0 Å². The van der Waals surface area contributed by atoms with E-state index < -0.39 is 0 Å². The second-order valence-corrected chi connectivity index (χ2v) is 4.83. The SMILES string of the molecule is CC(C)(C)C#Cc1ccccc1Br. The van der Waals surface area contributed by atoms with Crippen LogP contribution in [0, 0.1) is 17.3 Å². The van der Waals surface area contributed by atoms with Gasteiger partial charge >= 0.3 is 0 Å². The Morgan fingerprint density at radius 3 is 2.31 bits per heavy atom. The fraction of sp³-hybridized carbons (Fsp3) is 0.333. The summed E-state index contributed by atoms with van der Waals surface area (Å²) < 4.78 is 1.06. The predicted octanol–water partition coefficient (Wildman–Crippen LogP) is 3.85. The van der Waals surface area contributed by atoms with Gasteiger partial charge in [-0.05, 0) is 48.8 Å². The van der Waals surface area contributed by atoms with Gasteiger partial charge in [0.2, 0.25) is 0 Å². The van der Waals surface area contributed by atoms with Crippen LogP contribution in [0.5, 0.6) is 0 Å². The summed E-state index contributed by atoms with van der Waals surface area (Å²) in [5.74, 6) is 6.35. The van der Waals surface area contributed by atoms with Gasteiger partial charge < -0.3 is 0 Å². The van der Waals surface area contributed by atoms with Crippen LogP contribution in [0.25, 0.3) is 0 Å². The Labute approximate surface area is 88.5 Å². The highest BCUT2D eigenvalue weighted by atomic mass is 79.9. The number of benzene rings is 1. The van der Waals surface area contributed by atoms with Crippen molar-refractivity contribution in [1.82, 2.24) is 0 Å². The maximum absolute atomic E-state index is 3.46. The lowest BCUT2D eigenvalue weighted by Gasteiger charge is -2.06. The normalized spacial score (nSPS) is 10.5. The molecule has 1 heteroatoms. The first kappa shape index (κ1) is 10.3. The molecule has 0 aliphatic rings. The summed E-state index contributed by atoms with van der Waals surface area (Å²) in [5.41, 5.74) is 1.12. The Hall–Kier alpha value is -0.740. The molecule has 0 atom stereocenters. The lowest BCUT2D eigenvalue weighted by molar-refractivity contribution is 0.571. The van der Waals surface area contributed by atoms with Crippen molar-refractivity contribution in [3.8, 4) is 11.8 Å². The molecule has 0 bridgehead atoms. The average Bonchev–Trinajstić information content (AvgIpc) is 2.01. The Kier molecular flexibility index (Phi) is 3.17. The van der Waals surface area contributed by atoms with E-state index in [2.05, 4.69) is 48.5 Å². The Morgan fingerprint density at radius 2 is 1.77 bits per heavy atom. The zero-order chi connectivity index (χ0) is 9.90. The maximum Gasteiger partial charge on any atom is 0.0387 e. The van der Waals surface area contributed by atoms with E-state index in [4.69, 9.17) is 0 Å². The lowest BCUT2D eigenvalue weighted by atomic mass is 9.97. The molecule has 68 valence electrons. The summed E-state index contributed by atoms with van der Waals surface area (Å²) in [6, 6.07) is 8.01. The first-order valence-corrected chi connectivity index (χ1v) is 5.06. The van der Waals surface area contributed by atoms with Gasteiger partial charge in [-0.25, -0.2) is 0 Å². The van der Waals surface area contributed by atoms with Crippen LogP contribution in [-0.2, 0) is 0 Å². The van der Waals surface area contributed by atoms with E-state index in [-0.39, 0.29) is 5.41 Å². The van der Waals surface area contributed by atoms with Gasteiger partial charge in [0.15, 0.2) is 0 Å². The van der Waals surface area contributed by atoms with E-state index in [9.17, 15) is 0 Å². The monoisotopic (exact) mass is 236 g/mol. The molecule has 1 aromatic carbocycles. The van der Waals surface area contributed by atoms with E-state index in [1.54, 1.807) is 0 Å². The van der Waals surface area contributed by atoms with Gasteiger partial charge in [-0.2, -0.15) is 0 Å². The first-order chi connectivity index (χ1) is 5.99. The quantitative estimate of drug-likeness (QED) is 0.601. The molecule has 0 saturated carbocycles. The fourth-order valence-corrected chi connectivity index (χ4v) is 1.20. The van der Waals surface area contributed by atoms with Gasteiger partial charge in [0.25, 0.3) is 0 Å². The molecular weight excluding hydrogens is 224 g/mol. The molecule has 0 fully saturated rings. The summed E-state index contributed by atoms with van der Waals surface area (Å²) in [7, 11) is 0. The lowest BCUT2D eigenvalue weighted by Crippen LogP contribution is -1.99. The van der Waals surface area contributed by atoms with E-state index in [0.717, 1.165) is 10.0 Å². The molecule has 0 spiro atoms. The van der Waals surface area contributed by atoms with Crippen molar-refractivity contribution >= 4 is 15.9 Å². The average molecular weight is 237 g/mol. The highest BCUT2D eigenvalue weighted by Gasteiger charge is 2.03. The Morgan fingerprint density at radius 1 is 1.15 bits per heavy atom. The molecule has 0 heterocycles. The van der Waals surface area contributed by atoms with Gasteiger partial charge in [-0.15, -0.1) is 0 Å². The topological polar surface area (TPSA) is 0 Å². The third-order valence-corrected chi connectivity index (χ3v) is 2.14. The van der Waals surface area contributed by atoms with E-state index in [1.165, 1.54) is 0 Å². The zero-order valence-electron chi connectivity index (χ0n) is 8.19. The standard InChI is InChI=1S/C12H13Br/c1-12(2,3)9-8-10-6-4-5-7-11(10)13/h4-7H,1-3H3. The van der Waals surface area contributed by atoms with Crippen LogP contribution in [0.4, 0.5) is 0 Å². The molecule has 0 aliphatic heterocycles. The van der Waals surface area contributed by atoms with Crippen LogP contribution in [0.15, 0.2) is 28.7 Å². The largest absolute Gasteiger partial charge is 0.0919 e. The summed E-state index contributed by atoms with van der Waals surface area (Å²) >= 11 is 3.46. The minimum atomic E-state index is 0.0648. The van der Waals surface area contributed by atoms with Crippen LogP contribution in [0.3, 0.4) is 0 Å². The van der Waals surface area contributed by atoms with Gasteiger partial charge in [0.05, 0.1) is 0 Å². The summed E-state index contributed by atoms with van der Waals surface area (Å²) in [5, 5.41) is 0. The van der Waals surface area contributed by atoms with Crippen molar-refractivity contribution in [3.05, 3.63) is 34.3 Å². The molecule has 0 aromatic heterocycles. The van der Waals surface area contributed by atoms with E-state index >= 15 is 0 Å². The molecule has 1 rings (SSSR count). The summed E-state index contributed by atoms with van der Waals surface area (Å²) in [6.45, 7) is 6.32. The molecule has 0 unspecified atom stereocenters. The number of rotatable bonds is 0. The zero-order valence-corrected chi connectivity index (χ0v) is 9.77. The molecular formula is C12H13Br. The third-order valence-electron chi connectivity index (χ3n) is 1.45. The van der Waals surface area contributed by atoms with Gasteiger partial charge in [0, 0.05) is 15.5 Å². The van der Waals surface area contributed by atoms with Crippen LogP contribution in [0.2, 0.25) is 0 Å². The minimum Gasteiger partial charge on any atom is -0.0919 e. The second kappa shape index (κ2) is 3.98. The fourth-order valence-electron chi connectivity index (χ4n) is 0.817. The van der Waals surface area contributed by atoms with Gasteiger partial charge in [-0.1, -0.05) is 24.0 Å². The van der Waals surface area contributed by atoms with Crippen LogP contribution in [-0.4, -0.2) is 0 Å². The van der Waals surface area contributed by atoms with Crippen LogP contribution in [0.1, 0.15) is 26.3 Å². The van der Waals surface area contributed by atoms with Crippen LogP contribution < -0.4 is 0 Å². The summed E-state index contributed by atoms with van der Waals surface area (Å²) in [4.78, 5) is 0. The van der Waals surface area contributed by atoms with Crippen LogP contribution >= 0.6 is 15.9 Å². The molecule has 0 radical (unpaired) electrons. The molecule has 13 heavy (non-hydrogen) atoms. The number of halogens is 1. The second-order valence-electron chi connectivity index (χ2n) is 3.98. The van der Waals surface area contributed by atoms with Gasteiger partial charge in [-0.3, -0.25) is 0 Å². The van der Waals surface area contributed by atoms with E-state index in [0.29, 0.717) is 0 Å². The number of hydrogen-bond acceptors (Lipinski definition) is 0. The van der Waals surface area contributed by atoms with Crippen molar-refractivity contribution in [1.29, 1.82) is 0 Å². The van der Waals surface area contributed by atoms with Crippen molar-refractivity contribution in [3.63, 3.8) is 0 Å². The molecule has 0 saturated heterocycles. The highest BCUT2D eigenvalue weighted by molar-refractivity contribution is 9.10. The number of hydrogen-bond donors (Lipinski definition) is 0. The van der Waals surface area contributed by atoms with Gasteiger partial charge in [0.1, 0.15) is 0 Å². The molecule has 0 amide bonds. The maximum atomic E-state index is 3.46. The molecule has 0 N–H and O–H groups in total. The van der Waals surface area contributed by atoms with Crippen molar-refractivity contribution < 1.29 is 0 Å². The molecule has 1 aromatic rings. The highest BCUT2D eigenvalue weighted by Crippen LogP contribution is 2.16. The minimum absolute atomic E-state index is 0.0648. The molecule has 0 aliphatic carbocycles. The van der Waals surface area contributed by atoms with Crippen molar-refractivity contribution in [2.24, 2.45) is 5.41 Å².